The van der Waals surface area contributed by atoms with Crippen molar-refractivity contribution in [3.63, 3.8) is 0 Å². The third kappa shape index (κ3) is 3.80. The fourth-order valence-corrected chi connectivity index (χ4v) is 3.98. The van der Waals surface area contributed by atoms with E-state index in [0.29, 0.717) is 17.8 Å². The summed E-state index contributed by atoms with van der Waals surface area (Å²) >= 11 is 0. The van der Waals surface area contributed by atoms with Crippen LogP contribution >= 0.6 is 0 Å². The maximum atomic E-state index is 4.64. The molecule has 0 aliphatic rings. The zero-order valence-corrected chi connectivity index (χ0v) is 18.5. The summed E-state index contributed by atoms with van der Waals surface area (Å²) in [5, 5.41) is 20.5. The lowest BCUT2D eigenvalue weighted by atomic mass is 9.90. The Labute approximate surface area is 168 Å². The molecule has 0 saturated carbocycles. The molecule has 3 aromatic rings. The van der Waals surface area contributed by atoms with Gasteiger partial charge in [0, 0.05) is 42.0 Å². The minimum absolute atomic E-state index is 0.348. The van der Waals surface area contributed by atoms with Gasteiger partial charge in [-0.15, -0.1) is 0 Å². The molecule has 150 valence electrons. The van der Waals surface area contributed by atoms with Gasteiger partial charge in [-0.05, 0) is 50.7 Å². The van der Waals surface area contributed by atoms with E-state index in [9.17, 15) is 0 Å². The number of nitrogens with zero attached hydrogens (tertiary/aromatic N) is 5. The predicted molar refractivity (Wildman–Crippen MR) is 115 cm³/mol. The van der Waals surface area contributed by atoms with E-state index in [4.69, 9.17) is 0 Å². The van der Waals surface area contributed by atoms with E-state index >= 15 is 0 Å². The first kappa shape index (κ1) is 20.4. The van der Waals surface area contributed by atoms with Gasteiger partial charge in [-0.25, -0.2) is 0 Å². The molecule has 0 spiro atoms. The lowest BCUT2D eigenvalue weighted by molar-refractivity contribution is 0.548. The number of hydrogen-bond acceptors (Lipinski definition) is 4. The number of rotatable bonds is 6. The molecule has 2 unspecified atom stereocenters. The van der Waals surface area contributed by atoms with Crippen molar-refractivity contribution in [1.82, 2.24) is 25.0 Å². The summed E-state index contributed by atoms with van der Waals surface area (Å²) in [5.41, 5.74) is 6.87. The van der Waals surface area contributed by atoms with Crippen molar-refractivity contribution in [3.05, 3.63) is 46.3 Å². The van der Waals surface area contributed by atoms with Crippen molar-refractivity contribution in [1.29, 1.82) is 0 Å². The molecule has 3 heterocycles. The van der Waals surface area contributed by atoms with E-state index < -0.39 is 0 Å². The Hall–Kier alpha value is -2.30. The highest BCUT2D eigenvalue weighted by atomic mass is 15.1. The van der Waals surface area contributed by atoms with E-state index in [-0.39, 0.29) is 0 Å². The Kier molecular flexibility index (Phi) is 5.82. The van der Waals surface area contributed by atoms with Crippen LogP contribution in [-0.4, -0.2) is 25.0 Å². The Morgan fingerprint density at radius 2 is 1.21 bits per heavy atom. The van der Waals surface area contributed by atoms with Crippen molar-refractivity contribution in [2.45, 2.75) is 79.1 Å². The Morgan fingerprint density at radius 3 is 1.82 bits per heavy atom. The number of aryl methyl sites for hydroxylation is 2. The Bertz CT molecular complexity index is 986. The summed E-state index contributed by atoms with van der Waals surface area (Å²) in [7, 11) is 2.07. The zero-order valence-electron chi connectivity index (χ0n) is 18.5. The van der Waals surface area contributed by atoms with Crippen LogP contribution in [0.5, 0.6) is 0 Å². The van der Waals surface area contributed by atoms with E-state index in [1.54, 1.807) is 0 Å². The second-order valence-corrected chi connectivity index (χ2v) is 8.68. The molecule has 2 atom stereocenters. The first-order chi connectivity index (χ1) is 13.2. The molecule has 0 aromatic carbocycles. The van der Waals surface area contributed by atoms with E-state index in [0.717, 1.165) is 35.6 Å². The highest BCUT2D eigenvalue weighted by Crippen LogP contribution is 2.33. The summed E-state index contributed by atoms with van der Waals surface area (Å²) in [6, 6.07) is 0. The van der Waals surface area contributed by atoms with Crippen LogP contribution in [0, 0.1) is 20.8 Å². The van der Waals surface area contributed by atoms with Gasteiger partial charge in [0.15, 0.2) is 0 Å². The summed E-state index contributed by atoms with van der Waals surface area (Å²) in [4.78, 5) is 0. The van der Waals surface area contributed by atoms with E-state index in [1.165, 1.54) is 21.9 Å². The zero-order chi connectivity index (χ0) is 20.6. The molecule has 5 heteroatoms. The molecular weight excluding hydrogens is 346 g/mol. The maximum Gasteiger partial charge on any atom is 0.0752 e. The molecule has 0 N–H and O–H groups in total. The molecule has 5 nitrogen and oxygen atoms in total. The number of hydrogen-bond donors (Lipinski definition) is 0. The van der Waals surface area contributed by atoms with Crippen LogP contribution in [-0.2, 0) is 7.05 Å². The van der Waals surface area contributed by atoms with Crippen molar-refractivity contribution < 1.29 is 0 Å². The van der Waals surface area contributed by atoms with Crippen molar-refractivity contribution in [2.75, 3.05) is 0 Å². The smallest absolute Gasteiger partial charge is 0.0752 e. The molecule has 0 amide bonds. The second-order valence-electron chi connectivity index (χ2n) is 8.68. The van der Waals surface area contributed by atoms with Crippen LogP contribution in [0.4, 0.5) is 0 Å². The van der Waals surface area contributed by atoms with Crippen LogP contribution in [0.3, 0.4) is 0 Å². The van der Waals surface area contributed by atoms with Gasteiger partial charge in [0.1, 0.15) is 0 Å². The molecule has 0 radical (unpaired) electrons. The van der Waals surface area contributed by atoms with Crippen LogP contribution in [0.15, 0.2) is 12.4 Å². The second kappa shape index (κ2) is 7.98. The topological polar surface area (TPSA) is 56.5 Å². The summed E-state index contributed by atoms with van der Waals surface area (Å²) < 4.78 is 2.12. The molecule has 0 aliphatic heterocycles. The van der Waals surface area contributed by atoms with Gasteiger partial charge in [-0.2, -0.15) is 20.4 Å². The van der Waals surface area contributed by atoms with E-state index in [2.05, 4.69) is 85.9 Å². The fraction of sp³-hybridized carbons (Fsp3) is 0.565. The van der Waals surface area contributed by atoms with Crippen molar-refractivity contribution >= 4 is 10.8 Å². The molecule has 3 rings (SSSR count). The summed E-state index contributed by atoms with van der Waals surface area (Å²) in [6.45, 7) is 15.2. The fourth-order valence-electron chi connectivity index (χ4n) is 3.98. The number of fused-ring (bicyclic) bond motifs is 1. The third-order valence-corrected chi connectivity index (χ3v) is 6.08. The number of aromatic nitrogens is 5. The minimum Gasteiger partial charge on any atom is -0.356 e. The first-order valence-electron chi connectivity index (χ1n) is 10.3. The molecule has 28 heavy (non-hydrogen) atoms. The lowest BCUT2D eigenvalue weighted by Crippen LogP contribution is -2.08. The van der Waals surface area contributed by atoms with Gasteiger partial charge in [0.05, 0.1) is 22.8 Å². The monoisotopic (exact) mass is 379 g/mol. The third-order valence-electron chi connectivity index (χ3n) is 6.08. The van der Waals surface area contributed by atoms with Gasteiger partial charge < -0.3 is 4.57 Å². The molecule has 0 saturated heterocycles. The van der Waals surface area contributed by atoms with Crippen LogP contribution in [0.25, 0.3) is 10.8 Å². The van der Waals surface area contributed by atoms with Gasteiger partial charge in [0.2, 0.25) is 0 Å². The molecular formula is C23H33N5. The van der Waals surface area contributed by atoms with Crippen LogP contribution in [0.2, 0.25) is 0 Å². The SMILES string of the molecule is Cc1nnc(C(C)CCC(C)c2nnc(C(C)C)c3cn(C)cc23)c(C)c1C. The quantitative estimate of drug-likeness (QED) is 0.568. The Balaban J connectivity index is 1.81. The Morgan fingerprint density at radius 1 is 0.714 bits per heavy atom. The average Bonchev–Trinajstić information content (AvgIpc) is 3.04. The van der Waals surface area contributed by atoms with Crippen LogP contribution in [0.1, 0.15) is 92.2 Å². The molecule has 0 bridgehead atoms. The van der Waals surface area contributed by atoms with Gasteiger partial charge in [0.25, 0.3) is 0 Å². The first-order valence-corrected chi connectivity index (χ1v) is 10.3. The highest BCUT2D eigenvalue weighted by Gasteiger charge is 2.20. The summed E-state index contributed by atoms with van der Waals surface area (Å²) in [5.74, 6) is 1.09. The highest BCUT2D eigenvalue weighted by molar-refractivity contribution is 5.87. The van der Waals surface area contributed by atoms with Gasteiger partial charge >= 0.3 is 0 Å². The van der Waals surface area contributed by atoms with Gasteiger partial charge in [-0.1, -0.05) is 27.7 Å². The maximum absolute atomic E-state index is 4.64. The largest absolute Gasteiger partial charge is 0.356 e. The van der Waals surface area contributed by atoms with Crippen molar-refractivity contribution in [2.24, 2.45) is 7.05 Å². The van der Waals surface area contributed by atoms with Crippen LogP contribution < -0.4 is 0 Å². The average molecular weight is 380 g/mol. The van der Waals surface area contributed by atoms with E-state index in [1.807, 2.05) is 6.92 Å². The molecule has 0 aliphatic carbocycles. The minimum atomic E-state index is 0.348. The van der Waals surface area contributed by atoms with Crippen molar-refractivity contribution in [3.8, 4) is 0 Å². The normalized spacial score (nSPS) is 14.0. The van der Waals surface area contributed by atoms with Gasteiger partial charge in [-0.3, -0.25) is 0 Å². The molecule has 3 aromatic heterocycles. The predicted octanol–water partition coefficient (Wildman–Crippen LogP) is 5.49. The standard InChI is InChI=1S/C23H33N5/c1-13(2)21-19-11-28(8)12-20(19)23(27-25-21)15(4)10-9-14(3)22-17(6)16(5)18(7)24-26-22/h11-15H,9-10H2,1-8H3. The lowest BCUT2D eigenvalue weighted by Gasteiger charge is -2.18. The summed E-state index contributed by atoms with van der Waals surface area (Å²) in [6.07, 6.45) is 6.46. The molecule has 0 fully saturated rings.